The van der Waals surface area contributed by atoms with Gasteiger partial charge in [0.05, 0.1) is 5.69 Å². The Hall–Kier alpha value is -3.38. The van der Waals surface area contributed by atoms with Crippen molar-refractivity contribution in [3.05, 3.63) is 93.1 Å². The standard InChI is InChI=1S/C25H19BrN2O3/c1-15-3-4-16(2)21(11-15)28-24(18-6-8-19(26)9-7-18)27-20(25(28)29)12-17-5-10-22-23(13-17)31-14-30-22/h3-13H,14H2,1-2H3/b20-12-. The van der Waals surface area contributed by atoms with E-state index in [-0.39, 0.29) is 12.7 Å². The maximum Gasteiger partial charge on any atom is 0.282 e. The van der Waals surface area contributed by atoms with Crippen molar-refractivity contribution < 1.29 is 14.3 Å². The highest BCUT2D eigenvalue weighted by atomic mass is 79.9. The number of rotatable bonds is 3. The Morgan fingerprint density at radius 1 is 0.968 bits per heavy atom. The molecule has 0 aliphatic carbocycles. The summed E-state index contributed by atoms with van der Waals surface area (Å²) < 4.78 is 11.8. The third-order valence-corrected chi connectivity index (χ3v) is 5.80. The number of hydrogen-bond donors (Lipinski definition) is 0. The molecule has 0 aromatic heterocycles. The summed E-state index contributed by atoms with van der Waals surface area (Å²) in [5.41, 5.74) is 4.99. The fourth-order valence-corrected chi connectivity index (χ4v) is 3.92. The summed E-state index contributed by atoms with van der Waals surface area (Å²) in [5.74, 6) is 1.82. The van der Waals surface area contributed by atoms with E-state index in [0.717, 1.165) is 32.4 Å². The van der Waals surface area contributed by atoms with Crippen molar-refractivity contribution in [2.24, 2.45) is 4.99 Å². The van der Waals surface area contributed by atoms with Gasteiger partial charge < -0.3 is 9.47 Å². The number of aryl methyl sites for hydroxylation is 2. The van der Waals surface area contributed by atoms with Crippen LogP contribution in [0.5, 0.6) is 11.5 Å². The number of amidine groups is 1. The average molecular weight is 475 g/mol. The highest BCUT2D eigenvalue weighted by Crippen LogP contribution is 2.35. The van der Waals surface area contributed by atoms with Crippen LogP contribution < -0.4 is 14.4 Å². The van der Waals surface area contributed by atoms with Crippen LogP contribution in [0.3, 0.4) is 0 Å². The van der Waals surface area contributed by atoms with Crippen molar-refractivity contribution in [2.75, 3.05) is 11.7 Å². The van der Waals surface area contributed by atoms with Gasteiger partial charge in [-0.25, -0.2) is 4.99 Å². The van der Waals surface area contributed by atoms with Gasteiger partial charge in [-0.15, -0.1) is 0 Å². The minimum absolute atomic E-state index is 0.163. The molecule has 0 radical (unpaired) electrons. The molecule has 3 aromatic rings. The minimum Gasteiger partial charge on any atom is -0.454 e. The van der Waals surface area contributed by atoms with Gasteiger partial charge >= 0.3 is 0 Å². The minimum atomic E-state index is -0.163. The van der Waals surface area contributed by atoms with Crippen LogP contribution in [0.1, 0.15) is 22.3 Å². The van der Waals surface area contributed by atoms with Crippen molar-refractivity contribution >= 4 is 39.4 Å². The Bertz CT molecular complexity index is 1260. The summed E-state index contributed by atoms with van der Waals surface area (Å²) in [4.78, 5) is 20.0. The zero-order valence-corrected chi connectivity index (χ0v) is 18.6. The quantitative estimate of drug-likeness (QED) is 0.462. The van der Waals surface area contributed by atoms with Gasteiger partial charge in [0, 0.05) is 10.0 Å². The lowest BCUT2D eigenvalue weighted by Gasteiger charge is -2.21. The Morgan fingerprint density at radius 3 is 2.55 bits per heavy atom. The van der Waals surface area contributed by atoms with E-state index in [4.69, 9.17) is 14.5 Å². The van der Waals surface area contributed by atoms with E-state index in [9.17, 15) is 4.79 Å². The van der Waals surface area contributed by atoms with Gasteiger partial charge in [-0.05, 0) is 66.9 Å². The van der Waals surface area contributed by atoms with Crippen molar-refractivity contribution in [3.8, 4) is 11.5 Å². The largest absolute Gasteiger partial charge is 0.454 e. The first kappa shape index (κ1) is 19.6. The lowest BCUT2D eigenvalue weighted by Crippen LogP contribution is -2.33. The number of aliphatic imine (C=N–C) groups is 1. The van der Waals surface area contributed by atoms with Gasteiger partial charge in [0.25, 0.3) is 5.91 Å². The van der Waals surface area contributed by atoms with Crippen LogP contribution in [0, 0.1) is 13.8 Å². The van der Waals surface area contributed by atoms with Gasteiger partial charge in [0.2, 0.25) is 6.79 Å². The second-order valence-corrected chi connectivity index (χ2v) is 8.43. The molecule has 0 saturated carbocycles. The SMILES string of the molecule is Cc1ccc(C)c(N2C(=O)/C(=C/c3ccc4c(c3)OCO4)N=C2c2ccc(Br)cc2)c1. The molecule has 0 atom stereocenters. The number of anilines is 1. The number of fused-ring (bicyclic) bond motifs is 1. The van der Waals surface area contributed by atoms with E-state index in [1.165, 1.54) is 0 Å². The molecule has 0 saturated heterocycles. The molecule has 1 amide bonds. The number of benzene rings is 3. The number of hydrogen-bond acceptors (Lipinski definition) is 4. The predicted molar refractivity (Wildman–Crippen MR) is 125 cm³/mol. The van der Waals surface area contributed by atoms with E-state index in [0.29, 0.717) is 23.0 Å². The van der Waals surface area contributed by atoms with Gasteiger partial charge in [-0.1, -0.05) is 46.3 Å². The number of ether oxygens (including phenoxy) is 2. The van der Waals surface area contributed by atoms with E-state index >= 15 is 0 Å². The third kappa shape index (κ3) is 3.64. The smallest absolute Gasteiger partial charge is 0.282 e. The van der Waals surface area contributed by atoms with Crippen molar-refractivity contribution in [1.29, 1.82) is 0 Å². The van der Waals surface area contributed by atoms with Gasteiger partial charge in [0.15, 0.2) is 11.5 Å². The average Bonchev–Trinajstić information content (AvgIpc) is 3.35. The molecular formula is C25H19BrN2O3. The lowest BCUT2D eigenvalue weighted by molar-refractivity contribution is -0.113. The fourth-order valence-electron chi connectivity index (χ4n) is 3.65. The summed E-state index contributed by atoms with van der Waals surface area (Å²) in [7, 11) is 0. The number of halogens is 1. The lowest BCUT2D eigenvalue weighted by atomic mass is 10.1. The van der Waals surface area contributed by atoms with Gasteiger partial charge in [-0.2, -0.15) is 0 Å². The number of carbonyl (C=O) groups is 1. The van der Waals surface area contributed by atoms with Crippen LogP contribution in [0.2, 0.25) is 0 Å². The first-order valence-electron chi connectivity index (χ1n) is 9.87. The monoisotopic (exact) mass is 474 g/mol. The van der Waals surface area contributed by atoms with E-state index in [1.807, 2.05) is 74.5 Å². The first-order valence-corrected chi connectivity index (χ1v) is 10.7. The summed E-state index contributed by atoms with van der Waals surface area (Å²) in [6.07, 6.45) is 1.79. The molecule has 0 N–H and O–H groups in total. The van der Waals surface area contributed by atoms with Crippen LogP contribution in [0.4, 0.5) is 5.69 Å². The van der Waals surface area contributed by atoms with Crippen LogP contribution >= 0.6 is 15.9 Å². The van der Waals surface area contributed by atoms with Crippen molar-refractivity contribution in [2.45, 2.75) is 13.8 Å². The highest BCUT2D eigenvalue weighted by Gasteiger charge is 2.33. The normalized spacial score (nSPS) is 16.2. The van der Waals surface area contributed by atoms with Crippen LogP contribution in [-0.2, 0) is 4.79 Å². The van der Waals surface area contributed by atoms with Gasteiger partial charge in [-0.3, -0.25) is 9.69 Å². The zero-order valence-electron chi connectivity index (χ0n) is 17.1. The molecule has 31 heavy (non-hydrogen) atoms. The second-order valence-electron chi connectivity index (χ2n) is 7.52. The number of nitrogens with zero attached hydrogens (tertiary/aromatic N) is 2. The Morgan fingerprint density at radius 2 is 1.74 bits per heavy atom. The highest BCUT2D eigenvalue weighted by molar-refractivity contribution is 9.10. The molecule has 5 rings (SSSR count). The van der Waals surface area contributed by atoms with E-state index in [2.05, 4.69) is 15.9 Å². The molecule has 2 aliphatic heterocycles. The number of carbonyl (C=O) groups excluding carboxylic acids is 1. The molecule has 0 spiro atoms. The summed E-state index contributed by atoms with van der Waals surface area (Å²) >= 11 is 3.47. The van der Waals surface area contributed by atoms with Crippen LogP contribution in [0.15, 0.2) is 75.8 Å². The van der Waals surface area contributed by atoms with E-state index in [1.54, 1.807) is 11.0 Å². The summed E-state index contributed by atoms with van der Waals surface area (Å²) in [5, 5.41) is 0. The predicted octanol–water partition coefficient (Wildman–Crippen LogP) is 5.63. The Kier molecular flexibility index (Phi) is 4.87. The number of amides is 1. The Labute approximate surface area is 188 Å². The maximum atomic E-state index is 13.5. The van der Waals surface area contributed by atoms with Crippen molar-refractivity contribution in [1.82, 2.24) is 0 Å². The molecule has 2 heterocycles. The summed E-state index contributed by atoms with van der Waals surface area (Å²) in [6, 6.07) is 19.5. The Balaban J connectivity index is 1.62. The molecule has 6 heteroatoms. The molecule has 3 aromatic carbocycles. The molecular weight excluding hydrogens is 456 g/mol. The first-order chi connectivity index (χ1) is 15.0. The molecule has 0 fully saturated rings. The second kappa shape index (κ2) is 7.71. The van der Waals surface area contributed by atoms with Crippen molar-refractivity contribution in [3.63, 3.8) is 0 Å². The molecule has 154 valence electrons. The molecule has 0 unspecified atom stereocenters. The van der Waals surface area contributed by atoms with E-state index < -0.39 is 0 Å². The van der Waals surface area contributed by atoms with Gasteiger partial charge in [0.1, 0.15) is 11.5 Å². The topological polar surface area (TPSA) is 51.1 Å². The zero-order chi connectivity index (χ0) is 21.5. The maximum absolute atomic E-state index is 13.5. The molecule has 5 nitrogen and oxygen atoms in total. The van der Waals surface area contributed by atoms with Crippen LogP contribution in [0.25, 0.3) is 6.08 Å². The molecule has 2 aliphatic rings. The van der Waals surface area contributed by atoms with Crippen LogP contribution in [-0.4, -0.2) is 18.5 Å². The summed E-state index contributed by atoms with van der Waals surface area (Å²) in [6.45, 7) is 4.23. The third-order valence-electron chi connectivity index (χ3n) is 5.27. The fraction of sp³-hybridized carbons (Fsp3) is 0.120. The molecule has 0 bridgehead atoms.